The van der Waals surface area contributed by atoms with Crippen molar-refractivity contribution in [3.05, 3.63) is 53.7 Å². The Balaban J connectivity index is 2.02. The Labute approximate surface area is 131 Å². The monoisotopic (exact) mass is 324 g/mol. The van der Waals surface area contributed by atoms with Gasteiger partial charge in [-0.05, 0) is 43.7 Å². The van der Waals surface area contributed by atoms with Crippen LogP contribution in [-0.2, 0) is 0 Å². The minimum atomic E-state index is -4.70. The molecule has 0 aliphatic rings. The summed E-state index contributed by atoms with van der Waals surface area (Å²) < 4.78 is 40.2. The first-order valence-electron chi connectivity index (χ1n) is 6.84. The third-order valence-electron chi connectivity index (χ3n) is 3.15. The highest BCUT2D eigenvalue weighted by atomic mass is 19.4. The first-order chi connectivity index (χ1) is 10.7. The summed E-state index contributed by atoms with van der Waals surface area (Å²) in [6.45, 7) is 3.30. The van der Waals surface area contributed by atoms with E-state index < -0.39 is 6.36 Å². The average Bonchev–Trinajstić information content (AvgIpc) is 2.46. The van der Waals surface area contributed by atoms with Crippen molar-refractivity contribution in [2.75, 3.05) is 5.32 Å². The number of nitrogens with zero attached hydrogens (tertiary/aromatic N) is 1. The highest BCUT2D eigenvalue weighted by Gasteiger charge is 2.31. The molecule has 1 aromatic heterocycles. The fourth-order valence-corrected chi connectivity index (χ4v) is 1.95. The van der Waals surface area contributed by atoms with E-state index in [0.717, 1.165) is 5.56 Å². The molecule has 4 nitrogen and oxygen atoms in total. The van der Waals surface area contributed by atoms with Gasteiger partial charge in [-0.2, -0.15) is 0 Å². The molecule has 0 bridgehead atoms. The lowest BCUT2D eigenvalue weighted by Gasteiger charge is -2.16. The minimum Gasteiger partial charge on any atom is -0.406 e. The molecule has 1 aromatic carbocycles. The molecule has 7 heteroatoms. The number of ketones is 1. The second-order valence-corrected chi connectivity index (χ2v) is 4.97. The summed E-state index contributed by atoms with van der Waals surface area (Å²) in [5.41, 5.74) is 1.29. The van der Waals surface area contributed by atoms with Gasteiger partial charge >= 0.3 is 6.36 Å². The van der Waals surface area contributed by atoms with E-state index in [1.807, 2.05) is 6.92 Å². The molecular formula is C16H15F3N2O2. The predicted molar refractivity (Wildman–Crippen MR) is 79.4 cm³/mol. The number of pyridine rings is 1. The third kappa shape index (κ3) is 4.98. The Morgan fingerprint density at radius 1 is 1.17 bits per heavy atom. The van der Waals surface area contributed by atoms with Crippen molar-refractivity contribution in [1.82, 2.24) is 4.98 Å². The number of rotatable bonds is 5. The van der Waals surface area contributed by atoms with Crippen LogP contribution in [-0.4, -0.2) is 17.1 Å². The van der Waals surface area contributed by atoms with Crippen LogP contribution in [0.5, 0.6) is 5.75 Å². The maximum atomic E-state index is 12.1. The molecule has 0 saturated heterocycles. The Morgan fingerprint density at radius 3 is 2.30 bits per heavy atom. The number of anilines is 1. The first kappa shape index (κ1) is 16.8. The highest BCUT2D eigenvalue weighted by molar-refractivity contribution is 5.93. The van der Waals surface area contributed by atoms with Gasteiger partial charge in [-0.15, -0.1) is 13.2 Å². The standard InChI is InChI=1S/C16H15F3N2O2/c1-10(21-15-8-5-13(9-20-15)11(2)22)12-3-6-14(7-4-12)23-16(17,18)19/h3-10H,1-2H3,(H,20,21)/t10-/m0/s1. The highest BCUT2D eigenvalue weighted by Crippen LogP contribution is 2.25. The number of benzene rings is 1. The molecule has 0 spiro atoms. The van der Waals surface area contributed by atoms with E-state index in [1.54, 1.807) is 24.3 Å². The van der Waals surface area contributed by atoms with Crippen molar-refractivity contribution < 1.29 is 22.7 Å². The van der Waals surface area contributed by atoms with Gasteiger partial charge in [0, 0.05) is 17.8 Å². The summed E-state index contributed by atoms with van der Waals surface area (Å²) in [6, 6.07) is 8.76. The Kier molecular flexibility index (Phi) is 4.88. The van der Waals surface area contributed by atoms with Crippen molar-refractivity contribution in [2.24, 2.45) is 0 Å². The van der Waals surface area contributed by atoms with Gasteiger partial charge in [0.1, 0.15) is 11.6 Å². The largest absolute Gasteiger partial charge is 0.573 e. The molecule has 1 heterocycles. The van der Waals surface area contributed by atoms with Crippen LogP contribution >= 0.6 is 0 Å². The van der Waals surface area contributed by atoms with Crippen LogP contribution < -0.4 is 10.1 Å². The summed E-state index contributed by atoms with van der Waals surface area (Å²) >= 11 is 0. The van der Waals surface area contributed by atoms with Gasteiger partial charge in [0.05, 0.1) is 0 Å². The molecule has 122 valence electrons. The molecule has 0 radical (unpaired) electrons. The maximum absolute atomic E-state index is 12.1. The van der Waals surface area contributed by atoms with Gasteiger partial charge in [0.15, 0.2) is 5.78 Å². The topological polar surface area (TPSA) is 51.2 Å². The van der Waals surface area contributed by atoms with Gasteiger partial charge in [-0.3, -0.25) is 4.79 Å². The molecule has 0 saturated carbocycles. The summed E-state index contributed by atoms with van der Waals surface area (Å²) in [4.78, 5) is 15.3. The number of hydrogen-bond donors (Lipinski definition) is 1. The Hall–Kier alpha value is -2.57. The fourth-order valence-electron chi connectivity index (χ4n) is 1.95. The van der Waals surface area contributed by atoms with Crippen LogP contribution in [0, 0.1) is 0 Å². The van der Waals surface area contributed by atoms with Gasteiger partial charge < -0.3 is 10.1 Å². The fraction of sp³-hybridized carbons (Fsp3) is 0.250. The normalized spacial score (nSPS) is 12.6. The van der Waals surface area contributed by atoms with Crippen molar-refractivity contribution in [2.45, 2.75) is 26.3 Å². The number of carbonyl (C=O) groups is 1. The van der Waals surface area contributed by atoms with Crippen LogP contribution in [0.15, 0.2) is 42.6 Å². The van der Waals surface area contributed by atoms with Crippen molar-refractivity contribution in [3.8, 4) is 5.75 Å². The molecule has 0 amide bonds. The Bertz CT molecular complexity index is 667. The van der Waals surface area contributed by atoms with E-state index in [2.05, 4.69) is 15.0 Å². The maximum Gasteiger partial charge on any atom is 0.573 e. The zero-order valence-corrected chi connectivity index (χ0v) is 12.5. The molecular weight excluding hydrogens is 309 g/mol. The summed E-state index contributed by atoms with van der Waals surface area (Å²) in [5, 5.41) is 3.11. The molecule has 0 aliphatic heterocycles. The van der Waals surface area contributed by atoms with E-state index in [1.165, 1.54) is 25.3 Å². The lowest BCUT2D eigenvalue weighted by atomic mass is 10.1. The summed E-state index contributed by atoms with van der Waals surface area (Å²) in [7, 11) is 0. The molecule has 2 rings (SSSR count). The zero-order valence-electron chi connectivity index (χ0n) is 12.5. The SMILES string of the molecule is CC(=O)c1ccc(N[C@@H](C)c2ccc(OC(F)(F)F)cc2)nc1. The number of alkyl halides is 3. The average molecular weight is 324 g/mol. The molecule has 2 aromatic rings. The van der Waals surface area contributed by atoms with Crippen LogP contribution in [0.1, 0.15) is 35.8 Å². The van der Waals surface area contributed by atoms with Crippen LogP contribution in [0.25, 0.3) is 0 Å². The number of aromatic nitrogens is 1. The molecule has 1 N–H and O–H groups in total. The van der Waals surface area contributed by atoms with E-state index in [4.69, 9.17) is 0 Å². The smallest absolute Gasteiger partial charge is 0.406 e. The quantitative estimate of drug-likeness (QED) is 0.831. The lowest BCUT2D eigenvalue weighted by molar-refractivity contribution is -0.274. The minimum absolute atomic E-state index is 0.0719. The van der Waals surface area contributed by atoms with E-state index in [9.17, 15) is 18.0 Å². The first-order valence-corrected chi connectivity index (χ1v) is 6.84. The number of nitrogens with one attached hydrogen (secondary N) is 1. The van der Waals surface area contributed by atoms with Gasteiger partial charge in [-0.1, -0.05) is 12.1 Å². The summed E-state index contributed by atoms with van der Waals surface area (Å²) in [6.07, 6.45) is -3.23. The summed E-state index contributed by atoms with van der Waals surface area (Å²) in [5.74, 6) is 0.229. The number of ether oxygens (including phenoxy) is 1. The second kappa shape index (κ2) is 6.68. The lowest BCUT2D eigenvalue weighted by Crippen LogP contribution is -2.17. The van der Waals surface area contributed by atoms with Gasteiger partial charge in [0.2, 0.25) is 0 Å². The number of hydrogen-bond acceptors (Lipinski definition) is 4. The van der Waals surface area contributed by atoms with Crippen molar-refractivity contribution >= 4 is 11.6 Å². The third-order valence-corrected chi connectivity index (χ3v) is 3.15. The molecule has 0 aliphatic carbocycles. The van der Waals surface area contributed by atoms with Crippen molar-refractivity contribution in [3.63, 3.8) is 0 Å². The van der Waals surface area contributed by atoms with Crippen LogP contribution in [0.2, 0.25) is 0 Å². The number of Topliss-reactive ketones (excluding diaryl/α,β-unsaturated/α-hetero) is 1. The molecule has 23 heavy (non-hydrogen) atoms. The molecule has 0 fully saturated rings. The number of carbonyl (C=O) groups excluding carboxylic acids is 1. The number of halogens is 3. The van der Waals surface area contributed by atoms with Gasteiger partial charge in [0.25, 0.3) is 0 Å². The van der Waals surface area contributed by atoms with Crippen LogP contribution in [0.4, 0.5) is 19.0 Å². The van der Waals surface area contributed by atoms with E-state index >= 15 is 0 Å². The molecule has 0 unspecified atom stereocenters. The van der Waals surface area contributed by atoms with Crippen LogP contribution in [0.3, 0.4) is 0 Å². The van der Waals surface area contributed by atoms with Crippen molar-refractivity contribution in [1.29, 1.82) is 0 Å². The second-order valence-electron chi connectivity index (χ2n) is 4.97. The zero-order chi connectivity index (χ0) is 17.0. The van der Waals surface area contributed by atoms with Gasteiger partial charge in [-0.25, -0.2) is 4.98 Å². The predicted octanol–water partition coefficient (Wildman–Crippen LogP) is 4.36. The molecule has 1 atom stereocenters. The van der Waals surface area contributed by atoms with E-state index in [0.29, 0.717) is 11.4 Å². The Morgan fingerprint density at radius 2 is 1.83 bits per heavy atom. The van der Waals surface area contributed by atoms with E-state index in [-0.39, 0.29) is 17.6 Å².